The zero-order chi connectivity index (χ0) is 16.4. The lowest BCUT2D eigenvalue weighted by atomic mass is 9.90. The van der Waals surface area contributed by atoms with Crippen LogP contribution in [0.4, 0.5) is 13.2 Å². The number of aromatic nitrogens is 4. The van der Waals surface area contributed by atoms with Crippen LogP contribution in [0.3, 0.4) is 0 Å². The first-order valence-electron chi connectivity index (χ1n) is 7.73. The first-order valence-corrected chi connectivity index (χ1v) is 7.73. The highest BCUT2D eigenvalue weighted by Gasteiger charge is 2.34. The molecule has 0 amide bonds. The third-order valence-electron chi connectivity index (χ3n) is 4.48. The van der Waals surface area contributed by atoms with Crippen molar-refractivity contribution in [1.29, 1.82) is 0 Å². The molecule has 8 heteroatoms. The van der Waals surface area contributed by atoms with Crippen molar-refractivity contribution in [2.45, 2.75) is 43.9 Å². The molecule has 2 aromatic heterocycles. The van der Waals surface area contributed by atoms with E-state index in [1.54, 1.807) is 25.8 Å². The smallest absolute Gasteiger partial charge is 0.295 e. The maximum absolute atomic E-state index is 12.5. The molecule has 0 aromatic carbocycles. The van der Waals surface area contributed by atoms with Crippen LogP contribution in [0.1, 0.15) is 31.7 Å². The van der Waals surface area contributed by atoms with E-state index in [0.717, 1.165) is 31.5 Å². The largest absolute Gasteiger partial charge is 0.401 e. The molecule has 0 radical (unpaired) electrons. The Labute approximate surface area is 132 Å². The van der Waals surface area contributed by atoms with Gasteiger partial charge in [-0.2, -0.15) is 18.3 Å². The number of nitrogens with zero attached hydrogens (tertiary/aromatic N) is 5. The maximum Gasteiger partial charge on any atom is 0.401 e. The lowest BCUT2D eigenvalue weighted by Crippen LogP contribution is -2.41. The van der Waals surface area contributed by atoms with Crippen LogP contribution in [0.25, 0.3) is 5.82 Å². The Balaban J connectivity index is 1.63. The summed E-state index contributed by atoms with van der Waals surface area (Å²) in [6.45, 7) is -0.843. The number of hydrogen-bond donors (Lipinski definition) is 0. The van der Waals surface area contributed by atoms with Crippen LogP contribution in [0.5, 0.6) is 0 Å². The van der Waals surface area contributed by atoms with Crippen molar-refractivity contribution in [2.75, 3.05) is 13.6 Å². The van der Waals surface area contributed by atoms with Gasteiger partial charge in [-0.15, -0.1) is 0 Å². The quantitative estimate of drug-likeness (QED) is 0.866. The summed E-state index contributed by atoms with van der Waals surface area (Å²) in [6.07, 6.45) is 6.06. The minimum absolute atomic E-state index is 0.0138. The van der Waals surface area contributed by atoms with Gasteiger partial charge in [0.1, 0.15) is 12.1 Å². The van der Waals surface area contributed by atoms with Crippen LogP contribution in [0, 0.1) is 0 Å². The molecule has 0 atom stereocenters. The molecular weight excluding hydrogens is 307 g/mol. The average Bonchev–Trinajstić information content (AvgIpc) is 3.16. The van der Waals surface area contributed by atoms with Crippen molar-refractivity contribution < 1.29 is 13.2 Å². The monoisotopic (exact) mass is 327 g/mol. The molecule has 0 N–H and O–H groups in total. The predicted molar refractivity (Wildman–Crippen MR) is 79.3 cm³/mol. The third-order valence-corrected chi connectivity index (χ3v) is 4.48. The van der Waals surface area contributed by atoms with E-state index in [2.05, 4.69) is 10.1 Å². The molecule has 23 heavy (non-hydrogen) atoms. The van der Waals surface area contributed by atoms with Gasteiger partial charge in [-0.05, 0) is 32.7 Å². The molecule has 0 saturated heterocycles. The third kappa shape index (κ3) is 3.74. The van der Waals surface area contributed by atoms with Gasteiger partial charge in [-0.1, -0.05) is 0 Å². The molecule has 2 aromatic rings. The summed E-state index contributed by atoms with van der Waals surface area (Å²) in [7, 11) is 1.56. The molecular formula is C15H20F3N5. The normalized spacial score (nSPS) is 22.7. The summed E-state index contributed by atoms with van der Waals surface area (Å²) in [5.74, 6) is 0.939. The number of rotatable bonds is 4. The van der Waals surface area contributed by atoms with Crippen LogP contribution < -0.4 is 0 Å². The first-order chi connectivity index (χ1) is 10.9. The molecule has 0 unspecified atom stereocenters. The number of hydrogen-bond acceptors (Lipinski definition) is 3. The van der Waals surface area contributed by atoms with Gasteiger partial charge < -0.3 is 0 Å². The van der Waals surface area contributed by atoms with Gasteiger partial charge >= 0.3 is 6.18 Å². The van der Waals surface area contributed by atoms with Crippen LogP contribution in [0.2, 0.25) is 0 Å². The second kappa shape index (κ2) is 6.35. The topological polar surface area (TPSA) is 38.9 Å². The van der Waals surface area contributed by atoms with Crippen molar-refractivity contribution in [2.24, 2.45) is 0 Å². The van der Waals surface area contributed by atoms with E-state index in [1.807, 2.05) is 21.5 Å². The number of halogens is 3. The van der Waals surface area contributed by atoms with Crippen molar-refractivity contribution >= 4 is 0 Å². The Hall–Kier alpha value is -1.83. The van der Waals surface area contributed by atoms with Gasteiger partial charge in [0.15, 0.2) is 0 Å². The van der Waals surface area contributed by atoms with Crippen molar-refractivity contribution in [3.8, 4) is 5.82 Å². The lowest BCUT2D eigenvalue weighted by Gasteiger charge is -2.35. The Kier molecular flexibility index (Phi) is 4.43. The number of alkyl halides is 3. The lowest BCUT2D eigenvalue weighted by molar-refractivity contribution is -0.148. The van der Waals surface area contributed by atoms with E-state index in [1.165, 1.54) is 4.90 Å². The minimum Gasteiger partial charge on any atom is -0.295 e. The predicted octanol–water partition coefficient (Wildman–Crippen LogP) is 3.05. The van der Waals surface area contributed by atoms with Crippen molar-refractivity contribution in [3.05, 3.63) is 31.0 Å². The fourth-order valence-electron chi connectivity index (χ4n) is 3.34. The molecule has 1 fully saturated rings. The zero-order valence-corrected chi connectivity index (χ0v) is 12.9. The van der Waals surface area contributed by atoms with Crippen LogP contribution in [-0.2, 0) is 0 Å². The molecule has 0 spiro atoms. The van der Waals surface area contributed by atoms with Gasteiger partial charge in [-0.3, -0.25) is 9.47 Å². The van der Waals surface area contributed by atoms with Gasteiger partial charge in [0.2, 0.25) is 0 Å². The Morgan fingerprint density at radius 2 is 1.96 bits per heavy atom. The summed E-state index contributed by atoms with van der Waals surface area (Å²) in [5.41, 5.74) is 0. The highest BCUT2D eigenvalue weighted by molar-refractivity contribution is 5.21. The molecule has 0 bridgehead atoms. The van der Waals surface area contributed by atoms with Crippen LogP contribution >= 0.6 is 0 Å². The molecule has 126 valence electrons. The van der Waals surface area contributed by atoms with Crippen LogP contribution in [0.15, 0.2) is 31.0 Å². The highest BCUT2D eigenvalue weighted by Crippen LogP contribution is 2.32. The van der Waals surface area contributed by atoms with Gasteiger partial charge in [0, 0.05) is 24.5 Å². The Morgan fingerprint density at radius 3 is 2.57 bits per heavy atom. The highest BCUT2D eigenvalue weighted by atomic mass is 19.4. The molecule has 5 nitrogen and oxygen atoms in total. The van der Waals surface area contributed by atoms with Gasteiger partial charge in [0.05, 0.1) is 18.8 Å². The van der Waals surface area contributed by atoms with E-state index in [9.17, 15) is 13.2 Å². The van der Waals surface area contributed by atoms with Crippen molar-refractivity contribution in [1.82, 2.24) is 24.2 Å². The molecule has 1 aliphatic rings. The van der Waals surface area contributed by atoms with E-state index < -0.39 is 12.7 Å². The Morgan fingerprint density at radius 1 is 1.22 bits per heavy atom. The SMILES string of the molecule is CN(CC(F)(F)F)C1CCC(n2nccc2-n2ccnc2)CC1. The van der Waals surface area contributed by atoms with E-state index in [0.29, 0.717) is 0 Å². The van der Waals surface area contributed by atoms with Gasteiger partial charge in [0.25, 0.3) is 0 Å². The Bertz CT molecular complexity index is 611. The zero-order valence-electron chi connectivity index (χ0n) is 12.9. The molecule has 0 aliphatic heterocycles. The molecule has 2 heterocycles. The molecule has 1 saturated carbocycles. The second-order valence-corrected chi connectivity index (χ2v) is 6.10. The average molecular weight is 327 g/mol. The summed E-state index contributed by atoms with van der Waals surface area (Å²) in [5, 5.41) is 4.40. The summed E-state index contributed by atoms with van der Waals surface area (Å²) < 4.78 is 41.4. The second-order valence-electron chi connectivity index (χ2n) is 6.10. The van der Waals surface area contributed by atoms with E-state index >= 15 is 0 Å². The van der Waals surface area contributed by atoms with Gasteiger partial charge in [-0.25, -0.2) is 9.67 Å². The minimum atomic E-state index is -4.14. The fraction of sp³-hybridized carbons (Fsp3) is 0.600. The standard InChI is InChI=1S/C15H20F3N5/c1-21(10-15(16,17)18)12-2-4-13(5-3-12)23-14(6-7-20-23)22-9-8-19-11-22/h6-9,11-13H,2-5,10H2,1H3. The maximum atomic E-state index is 12.5. The summed E-state index contributed by atoms with van der Waals surface area (Å²) in [4.78, 5) is 5.47. The van der Waals surface area contributed by atoms with E-state index in [4.69, 9.17) is 0 Å². The van der Waals surface area contributed by atoms with E-state index in [-0.39, 0.29) is 12.1 Å². The summed E-state index contributed by atoms with van der Waals surface area (Å²) >= 11 is 0. The first kappa shape index (κ1) is 16.0. The number of imidazole rings is 1. The summed E-state index contributed by atoms with van der Waals surface area (Å²) in [6, 6.07) is 2.13. The molecule has 1 aliphatic carbocycles. The molecule has 3 rings (SSSR count). The fourth-order valence-corrected chi connectivity index (χ4v) is 3.34. The van der Waals surface area contributed by atoms with Crippen LogP contribution in [-0.4, -0.2) is 50.0 Å². The van der Waals surface area contributed by atoms with Crippen molar-refractivity contribution in [3.63, 3.8) is 0 Å².